The van der Waals surface area contributed by atoms with Crippen molar-refractivity contribution in [3.63, 3.8) is 0 Å². The van der Waals surface area contributed by atoms with Crippen LogP contribution < -0.4 is 0 Å². The van der Waals surface area contributed by atoms with E-state index in [-0.39, 0.29) is 0 Å². The van der Waals surface area contributed by atoms with Crippen LogP contribution in [0.25, 0.3) is 116 Å². The van der Waals surface area contributed by atoms with E-state index < -0.39 is 0 Å². The molecule has 0 spiro atoms. The Morgan fingerprint density at radius 2 is 0.810 bits per heavy atom. The Balaban J connectivity index is 1.08. The van der Waals surface area contributed by atoms with E-state index in [4.69, 9.17) is 19.4 Å². The molecule has 0 aliphatic rings. The van der Waals surface area contributed by atoms with Crippen molar-refractivity contribution in [3.05, 3.63) is 194 Å². The number of nitrogens with zero attached hydrogens (tertiary/aromatic N) is 4. The quantitative estimate of drug-likeness (QED) is 0.176. The van der Waals surface area contributed by atoms with Gasteiger partial charge in [-0.05, 0) is 56.9 Å². The van der Waals surface area contributed by atoms with Crippen LogP contribution in [0.15, 0.2) is 199 Å². The first kappa shape index (κ1) is 32.4. The van der Waals surface area contributed by atoms with Crippen LogP contribution in [0.1, 0.15) is 0 Å². The fraction of sp³-hybridized carbons (Fsp3) is 0. The maximum Gasteiger partial charge on any atom is 0.164 e. The summed E-state index contributed by atoms with van der Waals surface area (Å²) in [6.07, 6.45) is 0. The van der Waals surface area contributed by atoms with E-state index in [0.717, 1.165) is 66.5 Å². The summed E-state index contributed by atoms with van der Waals surface area (Å²) < 4.78 is 9.09. The van der Waals surface area contributed by atoms with E-state index in [1.807, 2.05) is 66.7 Å². The molecule has 0 aliphatic heterocycles. The van der Waals surface area contributed by atoms with Crippen LogP contribution in [0.2, 0.25) is 0 Å². The molecule has 0 amide bonds. The highest BCUT2D eigenvalue weighted by Gasteiger charge is 2.21. The summed E-state index contributed by atoms with van der Waals surface area (Å²) in [5.41, 5.74) is 9.99. The van der Waals surface area contributed by atoms with Crippen LogP contribution in [0.3, 0.4) is 0 Å². The minimum absolute atomic E-state index is 0.622. The normalized spacial score (nSPS) is 11.8. The molecule has 3 aromatic heterocycles. The molecule has 9 aromatic carbocycles. The van der Waals surface area contributed by atoms with Crippen LogP contribution in [-0.4, -0.2) is 19.5 Å². The lowest BCUT2D eigenvalue weighted by atomic mass is 9.97. The average molecular weight is 741 g/mol. The van der Waals surface area contributed by atoms with Gasteiger partial charge in [-0.3, -0.25) is 0 Å². The summed E-state index contributed by atoms with van der Waals surface area (Å²) in [6, 6.07) is 68.0. The molecule has 12 aromatic rings. The number of benzene rings is 9. The summed E-state index contributed by atoms with van der Waals surface area (Å²) in [6.45, 7) is 0. The monoisotopic (exact) mass is 740 g/mol. The molecule has 5 nitrogen and oxygen atoms in total. The van der Waals surface area contributed by atoms with Crippen molar-refractivity contribution in [2.45, 2.75) is 0 Å². The van der Waals surface area contributed by atoms with Crippen molar-refractivity contribution in [3.8, 4) is 51.0 Å². The Labute approximate surface area is 333 Å². The molecule has 0 N–H and O–H groups in total. The van der Waals surface area contributed by atoms with Gasteiger partial charge in [-0.15, -0.1) is 0 Å². The Kier molecular flexibility index (Phi) is 7.16. The van der Waals surface area contributed by atoms with Crippen LogP contribution in [0, 0.1) is 0 Å². The third-order valence-electron chi connectivity index (χ3n) is 11.4. The zero-order valence-corrected chi connectivity index (χ0v) is 31.2. The largest absolute Gasteiger partial charge is 0.456 e. The fourth-order valence-electron chi connectivity index (χ4n) is 8.76. The molecule has 0 aliphatic carbocycles. The summed E-state index contributed by atoms with van der Waals surface area (Å²) >= 11 is 0. The van der Waals surface area contributed by atoms with Gasteiger partial charge in [0.1, 0.15) is 11.2 Å². The minimum atomic E-state index is 0.622. The Bertz CT molecular complexity index is 3400. The molecule has 0 unspecified atom stereocenters. The Morgan fingerprint density at radius 3 is 1.38 bits per heavy atom. The molecule has 3 heterocycles. The van der Waals surface area contributed by atoms with Gasteiger partial charge in [0.05, 0.1) is 16.7 Å². The number of furan rings is 1. The zero-order chi connectivity index (χ0) is 38.2. The van der Waals surface area contributed by atoms with Crippen molar-refractivity contribution in [1.82, 2.24) is 19.5 Å². The van der Waals surface area contributed by atoms with Gasteiger partial charge in [0.25, 0.3) is 0 Å². The maximum atomic E-state index is 6.68. The highest BCUT2D eigenvalue weighted by molar-refractivity contribution is 6.28. The standard InChI is InChI=1S/C53H32N4O/c1-3-15-36(16-4-1)51-54-52(37-17-5-2-6-18-37)56-53(55-51)38-25-23-35(24-26-38)43-31-39(32-47-48(43)42-21-11-12-22-46(42)58-47)57-44-29-27-33-13-7-9-19-40(33)49(44)50-41-20-10-8-14-34(41)28-30-45(50)57/h1-32H. The van der Waals surface area contributed by atoms with Gasteiger partial charge >= 0.3 is 0 Å². The van der Waals surface area contributed by atoms with Gasteiger partial charge in [0.15, 0.2) is 17.5 Å². The first-order chi connectivity index (χ1) is 28.7. The number of aromatic nitrogens is 4. The summed E-state index contributed by atoms with van der Waals surface area (Å²) in [4.78, 5) is 14.9. The third-order valence-corrected chi connectivity index (χ3v) is 11.4. The van der Waals surface area contributed by atoms with Crippen LogP contribution in [-0.2, 0) is 0 Å². The van der Waals surface area contributed by atoms with Crippen molar-refractivity contribution < 1.29 is 4.42 Å². The van der Waals surface area contributed by atoms with Gasteiger partial charge in [0, 0.05) is 44.3 Å². The molecule has 58 heavy (non-hydrogen) atoms. The average Bonchev–Trinajstić information content (AvgIpc) is 3.85. The molecular formula is C53H32N4O. The first-order valence-corrected chi connectivity index (χ1v) is 19.5. The van der Waals surface area contributed by atoms with E-state index >= 15 is 0 Å². The molecular weight excluding hydrogens is 709 g/mol. The number of hydrogen-bond donors (Lipinski definition) is 0. The first-order valence-electron chi connectivity index (χ1n) is 19.5. The summed E-state index contributed by atoms with van der Waals surface area (Å²) in [5, 5.41) is 9.60. The van der Waals surface area contributed by atoms with Gasteiger partial charge in [-0.25, -0.2) is 15.0 Å². The predicted molar refractivity (Wildman–Crippen MR) is 238 cm³/mol. The third kappa shape index (κ3) is 5.07. The number of para-hydroxylation sites is 1. The number of fused-ring (bicyclic) bond motifs is 10. The molecule has 0 fully saturated rings. The lowest BCUT2D eigenvalue weighted by molar-refractivity contribution is 0.668. The van der Waals surface area contributed by atoms with Crippen molar-refractivity contribution in [2.24, 2.45) is 0 Å². The van der Waals surface area contributed by atoms with Gasteiger partial charge in [-0.1, -0.05) is 164 Å². The fourth-order valence-corrected chi connectivity index (χ4v) is 8.76. The molecule has 0 atom stereocenters. The van der Waals surface area contributed by atoms with Gasteiger partial charge in [-0.2, -0.15) is 0 Å². The topological polar surface area (TPSA) is 56.7 Å². The number of hydrogen-bond acceptors (Lipinski definition) is 4. The lowest BCUT2D eigenvalue weighted by Gasteiger charge is -2.13. The SMILES string of the molecule is c1ccc(-c2nc(-c3ccccc3)nc(-c3ccc(-c4cc(-n5c6ccc7ccccc7c6c6c7ccccc7ccc65)cc5oc6ccccc6c45)cc3)n2)cc1. The molecule has 12 rings (SSSR count). The number of rotatable bonds is 5. The van der Waals surface area contributed by atoms with Crippen LogP contribution in [0.4, 0.5) is 0 Å². The molecule has 5 heteroatoms. The Morgan fingerprint density at radius 1 is 0.345 bits per heavy atom. The summed E-state index contributed by atoms with van der Waals surface area (Å²) in [5.74, 6) is 1.90. The van der Waals surface area contributed by atoms with E-state index in [1.165, 1.54) is 32.3 Å². The molecule has 0 saturated heterocycles. The van der Waals surface area contributed by atoms with Gasteiger partial charge in [0.2, 0.25) is 0 Å². The second-order valence-electron chi connectivity index (χ2n) is 14.8. The van der Waals surface area contributed by atoms with E-state index in [0.29, 0.717) is 17.5 Å². The highest BCUT2D eigenvalue weighted by atomic mass is 16.3. The van der Waals surface area contributed by atoms with Crippen LogP contribution >= 0.6 is 0 Å². The van der Waals surface area contributed by atoms with Crippen molar-refractivity contribution in [1.29, 1.82) is 0 Å². The van der Waals surface area contributed by atoms with E-state index in [2.05, 4.69) is 132 Å². The van der Waals surface area contributed by atoms with Crippen molar-refractivity contribution in [2.75, 3.05) is 0 Å². The smallest absolute Gasteiger partial charge is 0.164 e. The van der Waals surface area contributed by atoms with Crippen LogP contribution in [0.5, 0.6) is 0 Å². The molecule has 0 saturated carbocycles. The zero-order valence-electron chi connectivity index (χ0n) is 31.2. The van der Waals surface area contributed by atoms with E-state index in [1.54, 1.807) is 0 Å². The molecule has 270 valence electrons. The van der Waals surface area contributed by atoms with Crippen molar-refractivity contribution >= 4 is 65.3 Å². The molecule has 0 radical (unpaired) electrons. The molecule has 0 bridgehead atoms. The predicted octanol–water partition coefficient (Wildman–Crippen LogP) is 13.8. The lowest BCUT2D eigenvalue weighted by Crippen LogP contribution is -2.00. The van der Waals surface area contributed by atoms with E-state index in [9.17, 15) is 0 Å². The summed E-state index contributed by atoms with van der Waals surface area (Å²) in [7, 11) is 0. The second kappa shape index (κ2) is 12.8. The Hall–Kier alpha value is -7.89. The minimum Gasteiger partial charge on any atom is -0.456 e. The van der Waals surface area contributed by atoms with Gasteiger partial charge < -0.3 is 8.98 Å². The second-order valence-corrected chi connectivity index (χ2v) is 14.8. The maximum absolute atomic E-state index is 6.68. The highest BCUT2D eigenvalue weighted by Crippen LogP contribution is 2.44.